The van der Waals surface area contributed by atoms with Crippen LogP contribution in [0.5, 0.6) is 0 Å². The van der Waals surface area contributed by atoms with Gasteiger partial charge in [-0.1, -0.05) is 0 Å². The Kier molecular flexibility index (Phi) is 3.36. The molecular weight excluding hydrogens is 130 g/mol. The van der Waals surface area contributed by atoms with Crippen molar-refractivity contribution in [1.29, 1.82) is 0 Å². The van der Waals surface area contributed by atoms with Crippen LogP contribution in [0.4, 0.5) is 8.78 Å². The predicted octanol–water partition coefficient (Wildman–Crippen LogP) is 2.05. The lowest BCUT2D eigenvalue weighted by atomic mass is 10.2. The second-order valence-corrected chi connectivity index (χ2v) is 3.32. The molecule has 0 aliphatic rings. The summed E-state index contributed by atoms with van der Waals surface area (Å²) < 4.78 is 22.8. The summed E-state index contributed by atoms with van der Waals surface area (Å²) >= 11 is 1.22. The largest absolute Gasteiger partial charge is 0.249 e. The highest BCUT2D eigenvalue weighted by molar-refractivity contribution is 8.00. The van der Waals surface area contributed by atoms with E-state index in [4.69, 9.17) is 0 Å². The molecule has 0 N–H and O–H groups in total. The first-order valence-electron chi connectivity index (χ1n) is 2.35. The van der Waals surface area contributed by atoms with Gasteiger partial charge in [-0.15, -0.1) is 0 Å². The van der Waals surface area contributed by atoms with Crippen LogP contribution in [-0.4, -0.2) is 24.4 Å². The van der Waals surface area contributed by atoms with E-state index < -0.39 is 18.1 Å². The lowest BCUT2D eigenvalue weighted by molar-refractivity contribution is 0.338. The molecule has 0 nitrogen and oxygen atoms in total. The summed E-state index contributed by atoms with van der Waals surface area (Å²) in [5.74, 6) is 0. The zero-order chi connectivity index (χ0) is 6.62. The highest BCUT2D eigenvalue weighted by atomic mass is 32.2. The van der Waals surface area contributed by atoms with Gasteiger partial charge in [-0.25, -0.2) is 8.78 Å². The third-order valence-corrected chi connectivity index (χ3v) is 2.26. The number of hydrogen-bond donors (Lipinski definition) is 0. The van der Waals surface area contributed by atoms with Crippen LogP contribution in [0, 0.1) is 0 Å². The fourth-order valence-corrected chi connectivity index (χ4v) is 0.363. The van der Waals surface area contributed by atoms with Crippen LogP contribution in [0.25, 0.3) is 0 Å². The Morgan fingerprint density at radius 2 is 1.75 bits per heavy atom. The fraction of sp³-hybridized carbons (Fsp3) is 1.00. The van der Waals surface area contributed by atoms with Crippen LogP contribution in [0.15, 0.2) is 0 Å². The van der Waals surface area contributed by atoms with Gasteiger partial charge in [0.1, 0.15) is 13.3 Å². The normalized spacial score (nSPS) is 12.0. The van der Waals surface area contributed by atoms with Gasteiger partial charge in [0.2, 0.25) is 0 Å². The fourth-order valence-electron chi connectivity index (χ4n) is 0.145. The second kappa shape index (κ2) is 3.28. The topological polar surface area (TPSA) is 0 Å². The maximum atomic E-state index is 11.8. The number of hydrogen-bond acceptors (Lipinski definition) is 1. The Labute approximate surface area is 52.7 Å². The summed E-state index contributed by atoms with van der Waals surface area (Å²) in [5.41, 5.74) is 0. The van der Waals surface area contributed by atoms with Gasteiger partial charge < -0.3 is 0 Å². The van der Waals surface area contributed by atoms with Crippen LogP contribution in [-0.2, 0) is 0 Å². The molecule has 0 rings (SSSR count). The maximum Gasteiger partial charge on any atom is 0.106 e. The Balaban J connectivity index is 3.58. The minimum atomic E-state index is -0.792. The molecule has 3 heteroatoms. The van der Waals surface area contributed by atoms with Crippen molar-refractivity contribution in [2.24, 2.45) is 0 Å². The Hall–Kier alpha value is 0.210. The first-order valence-corrected chi connectivity index (χ1v) is 3.58. The first kappa shape index (κ1) is 8.21. The van der Waals surface area contributed by atoms with Crippen molar-refractivity contribution in [3.63, 3.8) is 0 Å². The van der Waals surface area contributed by atoms with Crippen LogP contribution < -0.4 is 0 Å². The monoisotopic (exact) mass is 140 g/mol. The standard InChI is InChI=1S/C5H10F2S/c1-5(3-6,4-7)8-2/h3-4H2,1-2H3. The Morgan fingerprint density at radius 3 is 1.75 bits per heavy atom. The highest BCUT2D eigenvalue weighted by Crippen LogP contribution is 2.22. The zero-order valence-electron chi connectivity index (χ0n) is 5.08. The molecule has 0 saturated heterocycles. The van der Waals surface area contributed by atoms with Crippen LogP contribution in [0.3, 0.4) is 0 Å². The van der Waals surface area contributed by atoms with Gasteiger partial charge in [0.05, 0.1) is 4.75 Å². The zero-order valence-corrected chi connectivity index (χ0v) is 5.89. The molecule has 0 unspecified atom stereocenters. The Bertz CT molecular complexity index is 53.2. The molecule has 0 aromatic carbocycles. The van der Waals surface area contributed by atoms with E-state index in [-0.39, 0.29) is 0 Å². The van der Waals surface area contributed by atoms with E-state index >= 15 is 0 Å². The molecule has 50 valence electrons. The third-order valence-electron chi connectivity index (χ3n) is 1.06. The smallest absolute Gasteiger partial charge is 0.106 e. The minimum Gasteiger partial charge on any atom is -0.249 e. The van der Waals surface area contributed by atoms with E-state index in [0.29, 0.717) is 0 Å². The molecule has 8 heavy (non-hydrogen) atoms. The average molecular weight is 140 g/mol. The summed E-state index contributed by atoms with van der Waals surface area (Å²) in [4.78, 5) is 0. The van der Waals surface area contributed by atoms with Gasteiger partial charge in [0.15, 0.2) is 0 Å². The predicted molar refractivity (Wildman–Crippen MR) is 33.9 cm³/mol. The molecular formula is C5H10F2S. The number of thioether (sulfide) groups is 1. The molecule has 0 amide bonds. The van der Waals surface area contributed by atoms with E-state index in [2.05, 4.69) is 0 Å². The van der Waals surface area contributed by atoms with Gasteiger partial charge in [0, 0.05) is 0 Å². The van der Waals surface area contributed by atoms with Gasteiger partial charge in [-0.3, -0.25) is 0 Å². The summed E-state index contributed by atoms with van der Waals surface area (Å²) in [6, 6.07) is 0. The van der Waals surface area contributed by atoms with Crippen molar-refractivity contribution in [3.05, 3.63) is 0 Å². The molecule has 0 bridgehead atoms. The Morgan fingerprint density at radius 1 is 1.38 bits per heavy atom. The molecule has 0 aromatic heterocycles. The van der Waals surface area contributed by atoms with E-state index in [1.54, 1.807) is 13.2 Å². The van der Waals surface area contributed by atoms with E-state index in [1.807, 2.05) is 0 Å². The molecule has 0 aromatic rings. The molecule has 0 saturated carbocycles. The lowest BCUT2D eigenvalue weighted by Crippen LogP contribution is -2.24. The molecule has 0 aliphatic carbocycles. The van der Waals surface area contributed by atoms with Gasteiger partial charge >= 0.3 is 0 Å². The first-order chi connectivity index (χ1) is 3.68. The molecule has 0 fully saturated rings. The number of halogens is 2. The molecule has 0 radical (unpaired) electrons. The highest BCUT2D eigenvalue weighted by Gasteiger charge is 2.21. The van der Waals surface area contributed by atoms with Crippen LogP contribution >= 0.6 is 11.8 Å². The van der Waals surface area contributed by atoms with Crippen LogP contribution in [0.1, 0.15) is 6.92 Å². The van der Waals surface area contributed by atoms with Crippen molar-refractivity contribution in [2.75, 3.05) is 19.6 Å². The average Bonchev–Trinajstić information content (AvgIpc) is 1.87. The SMILES string of the molecule is CSC(C)(CF)CF. The van der Waals surface area contributed by atoms with Crippen molar-refractivity contribution in [2.45, 2.75) is 11.7 Å². The third kappa shape index (κ3) is 1.99. The van der Waals surface area contributed by atoms with Gasteiger partial charge in [-0.2, -0.15) is 11.8 Å². The maximum absolute atomic E-state index is 11.8. The quantitative estimate of drug-likeness (QED) is 0.578. The molecule has 0 aliphatic heterocycles. The van der Waals surface area contributed by atoms with Crippen molar-refractivity contribution in [1.82, 2.24) is 0 Å². The van der Waals surface area contributed by atoms with Crippen molar-refractivity contribution in [3.8, 4) is 0 Å². The van der Waals surface area contributed by atoms with Crippen molar-refractivity contribution < 1.29 is 8.78 Å². The van der Waals surface area contributed by atoms with Crippen LogP contribution in [0.2, 0.25) is 0 Å². The minimum absolute atomic E-state index is 0.593. The second-order valence-electron chi connectivity index (χ2n) is 1.92. The summed E-state index contributed by atoms with van der Waals surface area (Å²) in [6.45, 7) is 0.382. The van der Waals surface area contributed by atoms with Crippen molar-refractivity contribution >= 4 is 11.8 Å². The molecule has 0 spiro atoms. The number of rotatable bonds is 3. The van der Waals surface area contributed by atoms with E-state index in [1.165, 1.54) is 11.8 Å². The summed E-state index contributed by atoms with van der Waals surface area (Å²) in [6.07, 6.45) is 1.71. The number of alkyl halides is 2. The molecule has 0 atom stereocenters. The van der Waals surface area contributed by atoms with Gasteiger partial charge in [0.25, 0.3) is 0 Å². The lowest BCUT2D eigenvalue weighted by Gasteiger charge is -2.17. The molecule has 0 heterocycles. The van der Waals surface area contributed by atoms with E-state index in [9.17, 15) is 8.78 Å². The summed E-state index contributed by atoms with van der Waals surface area (Å²) in [5, 5.41) is 0. The van der Waals surface area contributed by atoms with Gasteiger partial charge in [-0.05, 0) is 13.2 Å². The van der Waals surface area contributed by atoms with E-state index in [0.717, 1.165) is 0 Å². The summed E-state index contributed by atoms with van der Waals surface area (Å²) in [7, 11) is 0.